The molecule has 0 saturated heterocycles. The molecule has 1 amide bonds. The van der Waals surface area contributed by atoms with Crippen molar-refractivity contribution in [3.63, 3.8) is 0 Å². The molecule has 0 radical (unpaired) electrons. The van der Waals surface area contributed by atoms with Crippen LogP contribution in [0.25, 0.3) is 0 Å². The predicted molar refractivity (Wildman–Crippen MR) is 57.5 cm³/mol. The Bertz CT molecular complexity index is 401. The Hall–Kier alpha value is -1.71. The number of rotatable bonds is 0. The molecular formula is C10H13N3O. The lowest BCUT2D eigenvalue weighted by molar-refractivity contribution is -0.115. The molecule has 1 aromatic carbocycles. The quantitative estimate of drug-likeness (QED) is 0.601. The largest absolute Gasteiger partial charge is 0.399 e. The summed E-state index contributed by atoms with van der Waals surface area (Å²) in [6.07, 6.45) is 0. The zero-order valence-corrected chi connectivity index (χ0v) is 8.29. The van der Waals surface area contributed by atoms with Gasteiger partial charge in [-0.2, -0.15) is 0 Å². The van der Waals surface area contributed by atoms with Gasteiger partial charge >= 0.3 is 0 Å². The third-order valence-corrected chi connectivity index (χ3v) is 2.36. The van der Waals surface area contributed by atoms with Gasteiger partial charge in [0.15, 0.2) is 0 Å². The van der Waals surface area contributed by atoms with E-state index < -0.39 is 0 Å². The Morgan fingerprint density at radius 1 is 1.50 bits per heavy atom. The Kier molecular flexibility index (Phi) is 1.84. The van der Waals surface area contributed by atoms with Crippen molar-refractivity contribution in [2.45, 2.75) is 6.92 Å². The van der Waals surface area contributed by atoms with Crippen LogP contribution in [0, 0.1) is 6.92 Å². The van der Waals surface area contributed by atoms with E-state index in [-0.39, 0.29) is 5.91 Å². The highest BCUT2D eigenvalue weighted by Crippen LogP contribution is 2.33. The summed E-state index contributed by atoms with van der Waals surface area (Å²) in [5, 5.41) is 2.81. The zero-order chi connectivity index (χ0) is 10.3. The van der Waals surface area contributed by atoms with Gasteiger partial charge in [0, 0.05) is 12.7 Å². The average molecular weight is 191 g/mol. The summed E-state index contributed by atoms with van der Waals surface area (Å²) in [6.45, 7) is 2.39. The number of benzene rings is 1. The fourth-order valence-electron chi connectivity index (χ4n) is 1.89. The summed E-state index contributed by atoms with van der Waals surface area (Å²) in [5.41, 5.74) is 9.33. The van der Waals surface area contributed by atoms with E-state index in [9.17, 15) is 4.79 Å². The molecule has 1 aliphatic heterocycles. The lowest BCUT2D eigenvalue weighted by Crippen LogP contribution is -2.35. The summed E-state index contributed by atoms with van der Waals surface area (Å²) in [5.74, 6) is 0.00463. The van der Waals surface area contributed by atoms with E-state index in [0.29, 0.717) is 12.2 Å². The van der Waals surface area contributed by atoms with Gasteiger partial charge < -0.3 is 16.0 Å². The highest BCUT2D eigenvalue weighted by atomic mass is 16.2. The first-order valence-electron chi connectivity index (χ1n) is 4.49. The second kappa shape index (κ2) is 2.90. The van der Waals surface area contributed by atoms with Crippen molar-refractivity contribution in [3.8, 4) is 0 Å². The molecule has 0 saturated carbocycles. The van der Waals surface area contributed by atoms with E-state index in [1.807, 2.05) is 24.9 Å². The fraction of sp³-hybridized carbons (Fsp3) is 0.300. The minimum absolute atomic E-state index is 0.00463. The van der Waals surface area contributed by atoms with Crippen LogP contribution < -0.4 is 16.0 Å². The van der Waals surface area contributed by atoms with Gasteiger partial charge in [-0.25, -0.2) is 0 Å². The smallest absolute Gasteiger partial charge is 0.243 e. The third-order valence-electron chi connectivity index (χ3n) is 2.36. The van der Waals surface area contributed by atoms with Gasteiger partial charge in [0.2, 0.25) is 5.91 Å². The maximum Gasteiger partial charge on any atom is 0.243 e. The molecule has 0 aliphatic carbocycles. The van der Waals surface area contributed by atoms with Crippen LogP contribution in [0.2, 0.25) is 0 Å². The van der Waals surface area contributed by atoms with Crippen LogP contribution >= 0.6 is 0 Å². The molecule has 1 aliphatic rings. The Balaban J connectivity index is 2.58. The van der Waals surface area contributed by atoms with Crippen molar-refractivity contribution in [1.82, 2.24) is 0 Å². The number of anilines is 3. The van der Waals surface area contributed by atoms with Crippen molar-refractivity contribution < 1.29 is 4.79 Å². The molecule has 0 atom stereocenters. The third kappa shape index (κ3) is 1.28. The van der Waals surface area contributed by atoms with Crippen LogP contribution in [0.5, 0.6) is 0 Å². The van der Waals surface area contributed by atoms with Crippen molar-refractivity contribution in [2.24, 2.45) is 0 Å². The lowest BCUT2D eigenvalue weighted by Gasteiger charge is -2.29. The van der Waals surface area contributed by atoms with Crippen LogP contribution in [0.3, 0.4) is 0 Å². The number of nitrogens with zero attached hydrogens (tertiary/aromatic N) is 1. The second-order valence-electron chi connectivity index (χ2n) is 3.64. The first-order chi connectivity index (χ1) is 6.58. The molecule has 0 aromatic heterocycles. The number of aryl methyl sites for hydroxylation is 1. The summed E-state index contributed by atoms with van der Waals surface area (Å²) in [7, 11) is 1.90. The summed E-state index contributed by atoms with van der Waals surface area (Å²) < 4.78 is 0. The molecule has 0 unspecified atom stereocenters. The van der Waals surface area contributed by atoms with E-state index >= 15 is 0 Å². The first-order valence-corrected chi connectivity index (χ1v) is 4.49. The molecule has 1 heterocycles. The normalized spacial score (nSPS) is 15.0. The molecule has 1 aromatic rings. The Morgan fingerprint density at radius 3 is 2.93 bits per heavy atom. The van der Waals surface area contributed by atoms with Gasteiger partial charge in [0.25, 0.3) is 0 Å². The van der Waals surface area contributed by atoms with Gasteiger partial charge in [0.05, 0.1) is 17.9 Å². The van der Waals surface area contributed by atoms with Crippen LogP contribution in [0.1, 0.15) is 5.56 Å². The number of amides is 1. The Labute approximate surface area is 82.7 Å². The van der Waals surface area contributed by atoms with E-state index in [4.69, 9.17) is 5.73 Å². The molecule has 0 fully saturated rings. The lowest BCUT2D eigenvalue weighted by atomic mass is 10.1. The van der Waals surface area contributed by atoms with Crippen LogP contribution in [0.15, 0.2) is 12.1 Å². The summed E-state index contributed by atoms with van der Waals surface area (Å²) in [4.78, 5) is 13.2. The molecule has 0 bridgehead atoms. The average Bonchev–Trinajstić information content (AvgIpc) is 1.99. The maximum atomic E-state index is 11.3. The molecule has 14 heavy (non-hydrogen) atoms. The van der Waals surface area contributed by atoms with Crippen LogP contribution in [-0.4, -0.2) is 19.5 Å². The van der Waals surface area contributed by atoms with E-state index in [1.54, 1.807) is 6.07 Å². The maximum absolute atomic E-state index is 11.3. The molecule has 74 valence electrons. The number of carbonyl (C=O) groups is 1. The van der Waals surface area contributed by atoms with Gasteiger partial charge in [0.1, 0.15) is 0 Å². The van der Waals surface area contributed by atoms with E-state index in [0.717, 1.165) is 16.9 Å². The molecule has 4 nitrogen and oxygen atoms in total. The van der Waals surface area contributed by atoms with Gasteiger partial charge in [-0.05, 0) is 24.6 Å². The number of likely N-dealkylation sites (N-methyl/N-ethyl adjacent to an activating group) is 1. The molecule has 3 N–H and O–H groups in total. The standard InChI is InChI=1S/C10H13N3O/c1-6-3-7(11)4-8-10(6)13(2)5-9(14)12-8/h3-4H,5,11H2,1-2H3,(H,12,14). The van der Waals surface area contributed by atoms with Gasteiger partial charge in [-0.1, -0.05) is 0 Å². The highest BCUT2D eigenvalue weighted by molar-refractivity contribution is 6.02. The first kappa shape index (κ1) is 8.87. The van der Waals surface area contributed by atoms with Crippen LogP contribution in [0.4, 0.5) is 17.1 Å². The van der Waals surface area contributed by atoms with Gasteiger partial charge in [-0.15, -0.1) is 0 Å². The van der Waals surface area contributed by atoms with Crippen molar-refractivity contribution in [2.75, 3.05) is 29.5 Å². The molecule has 4 heteroatoms. The van der Waals surface area contributed by atoms with E-state index in [1.165, 1.54) is 0 Å². The number of fused-ring (bicyclic) bond motifs is 1. The van der Waals surface area contributed by atoms with Crippen LogP contribution in [-0.2, 0) is 4.79 Å². The van der Waals surface area contributed by atoms with E-state index in [2.05, 4.69) is 5.32 Å². The second-order valence-corrected chi connectivity index (χ2v) is 3.64. The molecule has 2 rings (SSSR count). The highest BCUT2D eigenvalue weighted by Gasteiger charge is 2.20. The molecule has 0 spiro atoms. The zero-order valence-electron chi connectivity index (χ0n) is 8.29. The number of nitrogens with one attached hydrogen (secondary N) is 1. The Morgan fingerprint density at radius 2 is 2.21 bits per heavy atom. The number of carbonyl (C=O) groups excluding carboxylic acids is 1. The topological polar surface area (TPSA) is 58.4 Å². The minimum Gasteiger partial charge on any atom is -0.399 e. The summed E-state index contributed by atoms with van der Waals surface area (Å²) >= 11 is 0. The predicted octanol–water partition coefficient (Wildman–Crippen LogP) is 0.966. The summed E-state index contributed by atoms with van der Waals surface area (Å²) in [6, 6.07) is 3.70. The van der Waals surface area contributed by atoms with Gasteiger partial charge in [-0.3, -0.25) is 4.79 Å². The number of nitrogens with two attached hydrogens (primary N) is 1. The van der Waals surface area contributed by atoms with Crippen molar-refractivity contribution in [3.05, 3.63) is 17.7 Å². The minimum atomic E-state index is 0.00463. The molecular weight excluding hydrogens is 178 g/mol. The SMILES string of the molecule is Cc1cc(N)cc2c1N(C)CC(=O)N2. The number of hydrogen-bond donors (Lipinski definition) is 2. The van der Waals surface area contributed by atoms with Crippen molar-refractivity contribution in [1.29, 1.82) is 0 Å². The monoisotopic (exact) mass is 191 g/mol. The van der Waals surface area contributed by atoms with Crippen molar-refractivity contribution >= 4 is 23.0 Å². The number of nitrogen functional groups attached to an aromatic ring is 1. The number of hydrogen-bond acceptors (Lipinski definition) is 3. The fourth-order valence-corrected chi connectivity index (χ4v) is 1.89.